The van der Waals surface area contributed by atoms with E-state index in [-0.39, 0.29) is 0 Å². The van der Waals surface area contributed by atoms with Crippen LogP contribution in [0.3, 0.4) is 0 Å². The van der Waals surface area contributed by atoms with E-state index < -0.39 is 6.10 Å². The Morgan fingerprint density at radius 3 is 2.65 bits per heavy atom. The predicted molar refractivity (Wildman–Crippen MR) is 68.9 cm³/mol. The van der Waals surface area contributed by atoms with Crippen molar-refractivity contribution < 1.29 is 9.84 Å². The third-order valence-corrected chi connectivity index (χ3v) is 5.19. The van der Waals surface area contributed by atoms with Crippen LogP contribution in [0.5, 0.6) is 0 Å². The van der Waals surface area contributed by atoms with Crippen molar-refractivity contribution in [3.8, 4) is 0 Å². The van der Waals surface area contributed by atoms with Gasteiger partial charge in [-0.25, -0.2) is 0 Å². The molecule has 2 fully saturated rings. The molecule has 2 saturated carbocycles. The fourth-order valence-electron chi connectivity index (χ4n) is 4.32. The quantitative estimate of drug-likeness (QED) is 0.771. The van der Waals surface area contributed by atoms with Crippen LogP contribution in [0.4, 0.5) is 0 Å². The van der Waals surface area contributed by atoms with Crippen LogP contribution in [-0.4, -0.2) is 37.5 Å². The van der Waals surface area contributed by atoms with Gasteiger partial charge in [0.15, 0.2) is 0 Å². The molecule has 2 aliphatic carbocycles. The number of hydrogen-bond donors (Lipinski definition) is 2. The van der Waals surface area contributed by atoms with E-state index in [2.05, 4.69) is 26.1 Å². The summed E-state index contributed by atoms with van der Waals surface area (Å²) in [4.78, 5) is 0. The SMILES string of the molecule is COCC(O)CNC1C(C)(C)[C@H]2CC[C@]1(C)C2. The van der Waals surface area contributed by atoms with Gasteiger partial charge in [0.1, 0.15) is 0 Å². The summed E-state index contributed by atoms with van der Waals surface area (Å²) < 4.78 is 4.97. The second kappa shape index (κ2) is 4.52. The summed E-state index contributed by atoms with van der Waals surface area (Å²) in [6.45, 7) is 8.22. The van der Waals surface area contributed by atoms with Crippen molar-refractivity contribution in [1.82, 2.24) is 5.32 Å². The number of rotatable bonds is 5. The molecule has 2 rings (SSSR count). The Bertz CT molecular complexity index is 275. The van der Waals surface area contributed by atoms with Crippen molar-refractivity contribution in [2.45, 2.75) is 52.2 Å². The lowest BCUT2D eigenvalue weighted by Crippen LogP contribution is -2.52. The summed E-state index contributed by atoms with van der Waals surface area (Å²) in [5, 5.41) is 13.3. The van der Waals surface area contributed by atoms with Crippen molar-refractivity contribution in [3.63, 3.8) is 0 Å². The highest BCUT2D eigenvalue weighted by Gasteiger charge is 2.58. The molecule has 2 unspecified atom stereocenters. The summed E-state index contributed by atoms with van der Waals surface area (Å²) in [5.74, 6) is 0.851. The van der Waals surface area contributed by atoms with Crippen LogP contribution in [0, 0.1) is 16.7 Å². The number of ether oxygens (including phenoxy) is 1. The standard InChI is InChI=1S/C14H27NO2/c1-13(2)10-5-6-14(3,7-10)12(13)15-8-11(16)9-17-4/h10-12,15-16H,5-9H2,1-4H3/t10-,11?,12?,14+/m0/s1. The van der Waals surface area contributed by atoms with Crippen LogP contribution in [-0.2, 0) is 4.74 Å². The molecule has 3 nitrogen and oxygen atoms in total. The van der Waals surface area contributed by atoms with Crippen LogP contribution in [0.25, 0.3) is 0 Å². The highest BCUT2D eigenvalue weighted by molar-refractivity contribution is 5.12. The fraction of sp³-hybridized carbons (Fsp3) is 1.00. The van der Waals surface area contributed by atoms with E-state index >= 15 is 0 Å². The Morgan fingerprint density at radius 1 is 1.41 bits per heavy atom. The second-order valence-electron chi connectivity index (χ2n) is 6.87. The smallest absolute Gasteiger partial charge is 0.0897 e. The van der Waals surface area contributed by atoms with Gasteiger partial charge in [-0.1, -0.05) is 20.8 Å². The van der Waals surface area contributed by atoms with Gasteiger partial charge in [0.25, 0.3) is 0 Å². The van der Waals surface area contributed by atoms with Gasteiger partial charge in [-0.15, -0.1) is 0 Å². The topological polar surface area (TPSA) is 41.5 Å². The lowest BCUT2D eigenvalue weighted by molar-refractivity contribution is 0.0455. The first-order valence-electron chi connectivity index (χ1n) is 6.80. The third kappa shape index (κ3) is 2.25. The zero-order chi connectivity index (χ0) is 12.7. The molecular weight excluding hydrogens is 214 g/mol. The maximum absolute atomic E-state index is 9.75. The highest BCUT2D eigenvalue weighted by atomic mass is 16.5. The molecule has 100 valence electrons. The van der Waals surface area contributed by atoms with Gasteiger partial charge >= 0.3 is 0 Å². The van der Waals surface area contributed by atoms with Crippen LogP contribution in [0.15, 0.2) is 0 Å². The molecule has 0 aromatic carbocycles. The highest BCUT2D eigenvalue weighted by Crippen LogP contribution is 2.62. The van der Waals surface area contributed by atoms with Crippen LogP contribution < -0.4 is 5.32 Å². The van der Waals surface area contributed by atoms with Gasteiger partial charge in [0.2, 0.25) is 0 Å². The Morgan fingerprint density at radius 2 is 2.12 bits per heavy atom. The van der Waals surface area contributed by atoms with Crippen LogP contribution in [0.1, 0.15) is 40.0 Å². The van der Waals surface area contributed by atoms with Gasteiger partial charge in [-0.3, -0.25) is 0 Å². The van der Waals surface area contributed by atoms with E-state index in [1.807, 2.05) is 0 Å². The first-order chi connectivity index (χ1) is 7.90. The molecule has 4 atom stereocenters. The van der Waals surface area contributed by atoms with Crippen molar-refractivity contribution in [3.05, 3.63) is 0 Å². The normalized spacial score (nSPS) is 40.8. The molecule has 2 N–H and O–H groups in total. The van der Waals surface area contributed by atoms with E-state index in [0.29, 0.717) is 30.0 Å². The van der Waals surface area contributed by atoms with E-state index in [4.69, 9.17) is 4.74 Å². The van der Waals surface area contributed by atoms with E-state index in [0.717, 1.165) is 5.92 Å². The predicted octanol–water partition coefficient (Wildman–Crippen LogP) is 1.80. The lowest BCUT2D eigenvalue weighted by atomic mass is 9.68. The maximum atomic E-state index is 9.75. The second-order valence-corrected chi connectivity index (χ2v) is 6.87. The van der Waals surface area contributed by atoms with Gasteiger partial charge in [-0.05, 0) is 36.0 Å². The Labute approximate surface area is 105 Å². The molecule has 0 radical (unpaired) electrons. The van der Waals surface area contributed by atoms with Gasteiger partial charge in [-0.2, -0.15) is 0 Å². The summed E-state index contributed by atoms with van der Waals surface area (Å²) in [6.07, 6.45) is 3.66. The first-order valence-corrected chi connectivity index (χ1v) is 6.80. The Balaban J connectivity index is 1.96. The fourth-order valence-corrected chi connectivity index (χ4v) is 4.32. The lowest BCUT2D eigenvalue weighted by Gasteiger charge is -2.43. The van der Waals surface area contributed by atoms with Gasteiger partial charge < -0.3 is 15.2 Å². The van der Waals surface area contributed by atoms with Crippen molar-refractivity contribution >= 4 is 0 Å². The molecule has 0 aliphatic heterocycles. The number of hydrogen-bond acceptors (Lipinski definition) is 3. The Hall–Kier alpha value is -0.120. The largest absolute Gasteiger partial charge is 0.389 e. The molecule has 3 heteroatoms. The molecule has 17 heavy (non-hydrogen) atoms. The number of nitrogens with one attached hydrogen (secondary N) is 1. The number of aliphatic hydroxyl groups is 1. The van der Waals surface area contributed by atoms with Crippen molar-refractivity contribution in [1.29, 1.82) is 0 Å². The molecule has 0 aromatic rings. The number of methoxy groups -OCH3 is 1. The average Bonchev–Trinajstić information content (AvgIpc) is 2.69. The summed E-state index contributed by atoms with van der Waals surface area (Å²) in [6, 6.07) is 0.528. The van der Waals surface area contributed by atoms with E-state index in [1.54, 1.807) is 7.11 Å². The molecule has 0 saturated heterocycles. The maximum Gasteiger partial charge on any atom is 0.0897 e. The minimum atomic E-state index is -0.390. The first kappa shape index (κ1) is 13.3. The molecule has 2 aliphatic rings. The van der Waals surface area contributed by atoms with Gasteiger partial charge in [0, 0.05) is 19.7 Å². The summed E-state index contributed by atoms with van der Waals surface area (Å²) in [7, 11) is 1.63. The third-order valence-electron chi connectivity index (χ3n) is 5.19. The molecule has 2 bridgehead atoms. The van der Waals surface area contributed by atoms with E-state index in [9.17, 15) is 5.11 Å². The van der Waals surface area contributed by atoms with Crippen molar-refractivity contribution in [2.24, 2.45) is 16.7 Å². The monoisotopic (exact) mass is 241 g/mol. The molecule has 0 aromatic heterocycles. The average molecular weight is 241 g/mol. The number of fused-ring (bicyclic) bond motifs is 2. The van der Waals surface area contributed by atoms with Crippen LogP contribution >= 0.6 is 0 Å². The number of aliphatic hydroxyl groups excluding tert-OH is 1. The minimum Gasteiger partial charge on any atom is -0.389 e. The molecule has 0 heterocycles. The van der Waals surface area contributed by atoms with Crippen LogP contribution in [0.2, 0.25) is 0 Å². The molecule has 0 spiro atoms. The van der Waals surface area contributed by atoms with Gasteiger partial charge in [0.05, 0.1) is 12.7 Å². The van der Waals surface area contributed by atoms with E-state index in [1.165, 1.54) is 19.3 Å². The zero-order valence-electron chi connectivity index (χ0n) is 11.6. The summed E-state index contributed by atoms with van der Waals surface area (Å²) in [5.41, 5.74) is 0.792. The Kier molecular flexibility index (Phi) is 3.54. The molecular formula is C14H27NO2. The minimum absolute atomic E-state index is 0.361. The van der Waals surface area contributed by atoms with Crippen molar-refractivity contribution in [2.75, 3.05) is 20.3 Å². The summed E-state index contributed by atoms with van der Waals surface area (Å²) >= 11 is 0. The zero-order valence-corrected chi connectivity index (χ0v) is 11.6. The molecule has 0 amide bonds.